The van der Waals surface area contributed by atoms with Crippen molar-refractivity contribution in [2.75, 3.05) is 6.61 Å². The van der Waals surface area contributed by atoms with Crippen molar-refractivity contribution in [1.29, 1.82) is 0 Å². The van der Waals surface area contributed by atoms with Crippen LogP contribution in [0.25, 0.3) is 0 Å². The third-order valence-electron chi connectivity index (χ3n) is 3.58. The van der Waals surface area contributed by atoms with Crippen molar-refractivity contribution in [2.24, 2.45) is 0 Å². The summed E-state index contributed by atoms with van der Waals surface area (Å²) in [6.45, 7) is 7.74. The Kier molecular flexibility index (Phi) is 2.91. The normalized spacial score (nSPS) is 43.9. The number of fused-ring (bicyclic) bond motifs is 1. The van der Waals surface area contributed by atoms with Crippen molar-refractivity contribution in [1.82, 2.24) is 0 Å². The number of esters is 1. The van der Waals surface area contributed by atoms with Crippen LogP contribution in [0.4, 0.5) is 0 Å². The summed E-state index contributed by atoms with van der Waals surface area (Å²) >= 11 is 0. The summed E-state index contributed by atoms with van der Waals surface area (Å²) in [5, 5.41) is 0. The van der Waals surface area contributed by atoms with E-state index in [1.165, 1.54) is 0 Å². The maximum atomic E-state index is 11.7. The molecule has 3 aliphatic heterocycles. The van der Waals surface area contributed by atoms with Gasteiger partial charge in [-0.1, -0.05) is 0 Å². The van der Waals surface area contributed by atoms with Crippen LogP contribution in [0.1, 0.15) is 34.1 Å². The Morgan fingerprint density at radius 3 is 2.26 bits per heavy atom. The molecule has 108 valence electrons. The molecule has 0 bridgehead atoms. The van der Waals surface area contributed by atoms with Gasteiger partial charge >= 0.3 is 5.97 Å². The van der Waals surface area contributed by atoms with Crippen LogP contribution < -0.4 is 0 Å². The molecule has 19 heavy (non-hydrogen) atoms. The Labute approximate surface area is 112 Å². The summed E-state index contributed by atoms with van der Waals surface area (Å²) in [6.07, 6.45) is -1.13. The van der Waals surface area contributed by atoms with Crippen LogP contribution in [0.2, 0.25) is 0 Å². The average Bonchev–Trinajstić information content (AvgIpc) is 2.75. The maximum absolute atomic E-state index is 11.7. The Bertz CT molecular complexity index is 391. The fourth-order valence-corrected chi connectivity index (χ4v) is 2.90. The first-order chi connectivity index (χ1) is 8.76. The predicted octanol–water partition coefficient (Wildman–Crippen LogP) is 0.973. The third kappa shape index (κ3) is 2.50. The quantitative estimate of drug-likeness (QED) is 0.663. The van der Waals surface area contributed by atoms with Gasteiger partial charge < -0.3 is 23.7 Å². The lowest BCUT2D eigenvalue weighted by molar-refractivity contribution is -0.198. The van der Waals surface area contributed by atoms with E-state index >= 15 is 0 Å². The molecule has 3 rings (SSSR count). The van der Waals surface area contributed by atoms with Crippen LogP contribution in [-0.2, 0) is 28.5 Å². The zero-order chi connectivity index (χ0) is 13.8. The summed E-state index contributed by atoms with van der Waals surface area (Å²) < 4.78 is 28.3. The van der Waals surface area contributed by atoms with Crippen LogP contribution in [0.15, 0.2) is 0 Å². The van der Waals surface area contributed by atoms with E-state index in [4.69, 9.17) is 23.7 Å². The summed E-state index contributed by atoms with van der Waals surface area (Å²) in [6, 6.07) is 0. The zero-order valence-corrected chi connectivity index (χ0v) is 11.7. The van der Waals surface area contributed by atoms with Gasteiger partial charge in [0.15, 0.2) is 17.7 Å². The number of hydrogen-bond acceptors (Lipinski definition) is 6. The molecule has 3 heterocycles. The van der Waals surface area contributed by atoms with E-state index < -0.39 is 17.7 Å². The molecule has 0 aromatic heterocycles. The minimum absolute atomic E-state index is 0.224. The van der Waals surface area contributed by atoms with Crippen molar-refractivity contribution >= 4 is 5.97 Å². The van der Waals surface area contributed by atoms with Crippen molar-refractivity contribution in [2.45, 2.75) is 70.1 Å². The predicted molar refractivity (Wildman–Crippen MR) is 63.2 cm³/mol. The first kappa shape index (κ1) is 13.3. The molecule has 0 aromatic rings. The number of hydrogen-bond donors (Lipinski definition) is 0. The standard InChI is InChI=1S/C13H20O6/c1-12(2)15-6-8(18-12)10-11-7(5-9(14)16-10)17-13(3,4)19-11/h7-8,10-11H,5-6H2,1-4H3/t7?,8?,10-,11?/m1/s1. The molecule has 0 aliphatic carbocycles. The van der Waals surface area contributed by atoms with Crippen LogP contribution in [0, 0.1) is 0 Å². The molecular formula is C13H20O6. The lowest BCUT2D eigenvalue weighted by atomic mass is 9.98. The second kappa shape index (κ2) is 4.15. The van der Waals surface area contributed by atoms with Gasteiger partial charge in [0.2, 0.25) is 0 Å². The monoisotopic (exact) mass is 272 g/mol. The third-order valence-corrected chi connectivity index (χ3v) is 3.58. The fourth-order valence-electron chi connectivity index (χ4n) is 2.90. The molecule has 0 amide bonds. The van der Waals surface area contributed by atoms with Gasteiger partial charge in [-0.2, -0.15) is 0 Å². The highest BCUT2D eigenvalue weighted by Gasteiger charge is 2.55. The van der Waals surface area contributed by atoms with Crippen LogP contribution in [0.5, 0.6) is 0 Å². The molecule has 3 aliphatic rings. The van der Waals surface area contributed by atoms with Crippen LogP contribution in [-0.4, -0.2) is 48.6 Å². The first-order valence-corrected chi connectivity index (χ1v) is 6.63. The zero-order valence-electron chi connectivity index (χ0n) is 11.7. The highest BCUT2D eigenvalue weighted by atomic mass is 16.8. The van der Waals surface area contributed by atoms with E-state index in [0.29, 0.717) is 6.61 Å². The lowest BCUT2D eigenvalue weighted by Crippen LogP contribution is -2.51. The van der Waals surface area contributed by atoms with Gasteiger partial charge in [0, 0.05) is 0 Å². The molecule has 0 radical (unpaired) electrons. The summed E-state index contributed by atoms with van der Waals surface area (Å²) in [7, 11) is 0. The molecule has 3 fully saturated rings. The van der Waals surface area contributed by atoms with Gasteiger partial charge in [0.25, 0.3) is 0 Å². The highest BCUT2D eigenvalue weighted by molar-refractivity contribution is 5.71. The average molecular weight is 272 g/mol. The lowest BCUT2D eigenvalue weighted by Gasteiger charge is -2.33. The Hall–Kier alpha value is -0.690. The Morgan fingerprint density at radius 1 is 0.947 bits per heavy atom. The molecule has 0 saturated carbocycles. The molecule has 6 heteroatoms. The van der Waals surface area contributed by atoms with Gasteiger partial charge in [0.05, 0.1) is 13.0 Å². The van der Waals surface area contributed by atoms with Crippen molar-refractivity contribution in [3.63, 3.8) is 0 Å². The van der Waals surface area contributed by atoms with Gasteiger partial charge in [-0.25, -0.2) is 0 Å². The first-order valence-electron chi connectivity index (χ1n) is 6.63. The highest BCUT2D eigenvalue weighted by Crippen LogP contribution is 2.39. The number of ether oxygens (including phenoxy) is 5. The van der Waals surface area contributed by atoms with Crippen molar-refractivity contribution < 1.29 is 28.5 Å². The van der Waals surface area contributed by atoms with Crippen molar-refractivity contribution in [3.05, 3.63) is 0 Å². The molecule has 6 nitrogen and oxygen atoms in total. The largest absolute Gasteiger partial charge is 0.457 e. The topological polar surface area (TPSA) is 63.2 Å². The Morgan fingerprint density at radius 2 is 1.63 bits per heavy atom. The smallest absolute Gasteiger partial charge is 0.309 e. The van der Waals surface area contributed by atoms with Gasteiger partial charge in [-0.15, -0.1) is 0 Å². The number of carbonyl (C=O) groups is 1. The van der Waals surface area contributed by atoms with Gasteiger partial charge in [0.1, 0.15) is 18.3 Å². The Balaban J connectivity index is 1.78. The fraction of sp³-hybridized carbons (Fsp3) is 0.923. The van der Waals surface area contributed by atoms with E-state index in [1.54, 1.807) is 0 Å². The van der Waals surface area contributed by atoms with E-state index in [0.717, 1.165) is 0 Å². The molecule has 3 saturated heterocycles. The molecule has 4 atom stereocenters. The van der Waals surface area contributed by atoms with Crippen molar-refractivity contribution in [3.8, 4) is 0 Å². The van der Waals surface area contributed by atoms with E-state index in [-0.39, 0.29) is 30.7 Å². The van der Waals surface area contributed by atoms with Gasteiger partial charge in [-0.05, 0) is 27.7 Å². The molecular weight excluding hydrogens is 252 g/mol. The minimum Gasteiger partial charge on any atom is -0.457 e. The van der Waals surface area contributed by atoms with Gasteiger partial charge in [-0.3, -0.25) is 4.79 Å². The van der Waals surface area contributed by atoms with E-state index in [2.05, 4.69) is 0 Å². The summed E-state index contributed by atoms with van der Waals surface area (Å²) in [5.74, 6) is -1.63. The summed E-state index contributed by atoms with van der Waals surface area (Å²) in [4.78, 5) is 11.7. The van der Waals surface area contributed by atoms with E-state index in [1.807, 2.05) is 27.7 Å². The second-order valence-electron chi connectivity index (χ2n) is 6.16. The summed E-state index contributed by atoms with van der Waals surface area (Å²) in [5.41, 5.74) is 0. The minimum atomic E-state index is -0.698. The number of cyclic esters (lactones) is 1. The van der Waals surface area contributed by atoms with Crippen LogP contribution in [0.3, 0.4) is 0 Å². The molecule has 0 N–H and O–H groups in total. The SMILES string of the molecule is CC1(C)OCC([C@H]2OC(=O)CC3OC(C)(C)OC32)O1. The molecule has 0 spiro atoms. The van der Waals surface area contributed by atoms with Crippen LogP contribution >= 0.6 is 0 Å². The number of carbonyl (C=O) groups excluding carboxylic acids is 1. The maximum Gasteiger partial charge on any atom is 0.309 e. The molecule has 3 unspecified atom stereocenters. The second-order valence-corrected chi connectivity index (χ2v) is 6.16. The molecule has 0 aromatic carbocycles. The van der Waals surface area contributed by atoms with E-state index in [9.17, 15) is 4.79 Å². The number of rotatable bonds is 1.